The maximum Gasteiger partial charge on any atom is 0.243 e. The molecule has 142 valence electrons. The zero-order chi connectivity index (χ0) is 19.0. The van der Waals surface area contributed by atoms with Crippen molar-refractivity contribution in [3.63, 3.8) is 0 Å². The molecule has 0 radical (unpaired) electrons. The predicted octanol–water partition coefficient (Wildman–Crippen LogP) is 3.81. The van der Waals surface area contributed by atoms with Crippen LogP contribution in [0, 0.1) is 12.7 Å². The number of benzene rings is 2. The van der Waals surface area contributed by atoms with Crippen molar-refractivity contribution in [2.75, 3.05) is 18.4 Å². The molecule has 7 heteroatoms. The number of sulfonamides is 1. The van der Waals surface area contributed by atoms with Gasteiger partial charge in [-0.05, 0) is 55.7 Å². The zero-order valence-electron chi connectivity index (χ0n) is 14.7. The molecule has 1 aliphatic rings. The molecule has 1 aliphatic heterocycles. The molecule has 1 amide bonds. The Kier molecular flexibility index (Phi) is 7.29. The third-order valence-electron chi connectivity index (χ3n) is 4.08. The first-order chi connectivity index (χ1) is 12.4. The lowest BCUT2D eigenvalue weighted by atomic mass is 10.2. The van der Waals surface area contributed by atoms with Crippen molar-refractivity contribution in [2.24, 2.45) is 0 Å². The molecule has 5 nitrogen and oxygen atoms in total. The van der Waals surface area contributed by atoms with Crippen LogP contribution in [0.2, 0.25) is 0 Å². The number of amides is 1. The molecule has 1 N–H and O–H groups in total. The molecule has 2 aromatic carbocycles. The van der Waals surface area contributed by atoms with Crippen LogP contribution >= 0.6 is 0 Å². The number of nitrogens with one attached hydrogen (secondary N) is 1. The number of nitrogens with zero attached hydrogens (tertiary/aromatic N) is 1. The summed E-state index contributed by atoms with van der Waals surface area (Å²) in [5.41, 5.74) is 1.13. The van der Waals surface area contributed by atoms with E-state index in [0.717, 1.165) is 19.3 Å². The third kappa shape index (κ3) is 5.37. The largest absolute Gasteiger partial charge is 0.329 e. The average molecular weight is 380 g/mol. The van der Waals surface area contributed by atoms with Crippen LogP contribution in [-0.4, -0.2) is 32.2 Å². The molecule has 0 unspecified atom stereocenters. The monoisotopic (exact) mass is 380 g/mol. The van der Waals surface area contributed by atoms with E-state index >= 15 is 0 Å². The van der Waals surface area contributed by atoms with Gasteiger partial charge in [0.15, 0.2) is 0 Å². The van der Waals surface area contributed by atoms with E-state index in [1.54, 1.807) is 41.6 Å². The van der Waals surface area contributed by atoms with E-state index in [1.165, 1.54) is 12.1 Å². The minimum Gasteiger partial charge on any atom is -0.329 e. The lowest BCUT2D eigenvalue weighted by Crippen LogP contribution is -2.35. The summed E-state index contributed by atoms with van der Waals surface area (Å²) < 4.78 is 38.4. The Labute approximate surface area is 155 Å². The number of carbonyl (C=O) groups is 1. The minimum absolute atomic E-state index is 0. The maximum absolute atomic E-state index is 12.6. The van der Waals surface area contributed by atoms with Crippen molar-refractivity contribution in [2.45, 2.75) is 31.1 Å². The summed E-state index contributed by atoms with van der Waals surface area (Å²) in [6.07, 6.45) is 3.66. The summed E-state index contributed by atoms with van der Waals surface area (Å²) in [5.74, 6) is -0.263. The van der Waals surface area contributed by atoms with Gasteiger partial charge in [0.25, 0.3) is 0 Å². The third-order valence-corrected chi connectivity index (χ3v) is 5.99. The smallest absolute Gasteiger partial charge is 0.243 e. The van der Waals surface area contributed by atoms with Crippen LogP contribution in [0.15, 0.2) is 53.4 Å². The van der Waals surface area contributed by atoms with Gasteiger partial charge in [0.1, 0.15) is 5.82 Å². The Bertz CT molecular complexity index is 826. The first-order valence-corrected chi connectivity index (χ1v) is 9.90. The first-order valence-electron chi connectivity index (χ1n) is 8.46. The summed E-state index contributed by atoms with van der Waals surface area (Å²) in [6.45, 7) is 2.97. The van der Waals surface area contributed by atoms with Gasteiger partial charge < -0.3 is 5.32 Å². The van der Waals surface area contributed by atoms with Crippen LogP contribution in [0.3, 0.4) is 0 Å². The standard InChI is InChI=1S/C11H15NO2S.C8H8FNO.H2/c13-15(14,11-7-3-1-4-8-11)12-9-5-2-6-10-12;1-6-4-7(10-5-11)2-3-8(6)9;/h1,3-4,7-8H,2,5-6,9-10H2;2-5H,1H3,(H,10,11);1H. The van der Waals surface area contributed by atoms with Crippen molar-refractivity contribution >= 4 is 22.1 Å². The van der Waals surface area contributed by atoms with E-state index in [4.69, 9.17) is 0 Å². The summed E-state index contributed by atoms with van der Waals surface area (Å²) in [5, 5.41) is 2.43. The molecule has 1 saturated heterocycles. The molecule has 0 aliphatic carbocycles. The number of hydrogen-bond acceptors (Lipinski definition) is 3. The molecule has 1 fully saturated rings. The van der Waals surface area contributed by atoms with Crippen LogP contribution in [0.5, 0.6) is 0 Å². The van der Waals surface area contributed by atoms with Crippen LogP contribution in [-0.2, 0) is 14.8 Å². The molecule has 0 spiro atoms. The number of halogens is 1. The Balaban J connectivity index is 0.000000273. The predicted molar refractivity (Wildman–Crippen MR) is 102 cm³/mol. The number of carbonyl (C=O) groups excluding carboxylic acids is 1. The SMILES string of the molecule is Cc1cc(NC=O)ccc1F.O=S(=O)(c1ccccc1)N1CCCCC1.[HH]. The zero-order valence-corrected chi connectivity index (χ0v) is 15.5. The molecule has 26 heavy (non-hydrogen) atoms. The second-order valence-corrected chi connectivity index (χ2v) is 7.94. The fourth-order valence-corrected chi connectivity index (χ4v) is 4.19. The van der Waals surface area contributed by atoms with Gasteiger partial charge in [-0.2, -0.15) is 4.31 Å². The van der Waals surface area contributed by atoms with Gasteiger partial charge >= 0.3 is 0 Å². The Hall–Kier alpha value is -2.25. The summed E-state index contributed by atoms with van der Waals surface area (Å²) in [7, 11) is -3.23. The molecule has 0 atom stereocenters. The topological polar surface area (TPSA) is 66.5 Å². The van der Waals surface area contributed by atoms with Gasteiger partial charge in [-0.3, -0.25) is 4.79 Å². The van der Waals surface area contributed by atoms with Crippen LogP contribution in [0.25, 0.3) is 0 Å². The van der Waals surface area contributed by atoms with Crippen LogP contribution in [0.1, 0.15) is 26.3 Å². The molecule has 1 heterocycles. The van der Waals surface area contributed by atoms with E-state index in [1.807, 2.05) is 6.07 Å². The van der Waals surface area contributed by atoms with Crippen molar-refractivity contribution in [1.82, 2.24) is 4.31 Å². The van der Waals surface area contributed by atoms with Gasteiger partial charge in [0.05, 0.1) is 4.90 Å². The number of piperidine rings is 1. The number of anilines is 1. The van der Waals surface area contributed by atoms with Gasteiger partial charge in [-0.25, -0.2) is 12.8 Å². The lowest BCUT2D eigenvalue weighted by molar-refractivity contribution is -0.105. The van der Waals surface area contributed by atoms with Crippen molar-refractivity contribution < 1.29 is 19.0 Å². The fourth-order valence-electron chi connectivity index (χ4n) is 2.65. The lowest BCUT2D eigenvalue weighted by Gasteiger charge is -2.25. The van der Waals surface area contributed by atoms with E-state index in [0.29, 0.717) is 35.6 Å². The van der Waals surface area contributed by atoms with E-state index < -0.39 is 10.0 Å². The van der Waals surface area contributed by atoms with Gasteiger partial charge in [-0.15, -0.1) is 0 Å². The molecule has 3 rings (SSSR count). The second-order valence-electron chi connectivity index (χ2n) is 6.00. The highest BCUT2D eigenvalue weighted by Gasteiger charge is 2.25. The van der Waals surface area contributed by atoms with E-state index in [2.05, 4.69) is 5.32 Å². The Morgan fingerprint density at radius 1 is 1.08 bits per heavy atom. The highest BCUT2D eigenvalue weighted by molar-refractivity contribution is 7.89. The highest BCUT2D eigenvalue weighted by atomic mass is 32.2. The fraction of sp³-hybridized carbons (Fsp3) is 0.316. The summed E-state index contributed by atoms with van der Waals surface area (Å²) >= 11 is 0. The quantitative estimate of drug-likeness (QED) is 0.820. The molecule has 2 aromatic rings. The van der Waals surface area contributed by atoms with Crippen LogP contribution < -0.4 is 5.32 Å². The molecular formula is C19H25FN2O3S. The molecule has 0 saturated carbocycles. The number of rotatable bonds is 4. The van der Waals surface area contributed by atoms with Crippen molar-refractivity contribution in [3.05, 3.63) is 59.9 Å². The Morgan fingerprint density at radius 3 is 2.31 bits per heavy atom. The van der Waals surface area contributed by atoms with Crippen LogP contribution in [0.4, 0.5) is 10.1 Å². The van der Waals surface area contributed by atoms with Gasteiger partial charge in [0, 0.05) is 20.2 Å². The molecule has 0 aromatic heterocycles. The molecular weight excluding hydrogens is 355 g/mol. The summed E-state index contributed by atoms with van der Waals surface area (Å²) in [6, 6.07) is 13.1. The normalized spacial score (nSPS) is 14.8. The number of aryl methyl sites for hydroxylation is 1. The number of hydrogen-bond donors (Lipinski definition) is 1. The average Bonchev–Trinajstić information content (AvgIpc) is 2.67. The second kappa shape index (κ2) is 9.45. The summed E-state index contributed by atoms with van der Waals surface area (Å²) in [4.78, 5) is 10.4. The molecule has 0 bridgehead atoms. The van der Waals surface area contributed by atoms with Crippen molar-refractivity contribution in [1.29, 1.82) is 0 Å². The first kappa shape index (κ1) is 20.1. The highest BCUT2D eigenvalue weighted by Crippen LogP contribution is 2.19. The van der Waals surface area contributed by atoms with E-state index in [9.17, 15) is 17.6 Å². The maximum atomic E-state index is 12.6. The minimum atomic E-state index is -3.23. The Morgan fingerprint density at radius 2 is 1.73 bits per heavy atom. The van der Waals surface area contributed by atoms with Gasteiger partial charge in [0.2, 0.25) is 16.4 Å². The van der Waals surface area contributed by atoms with E-state index in [-0.39, 0.29) is 7.24 Å². The van der Waals surface area contributed by atoms with Crippen molar-refractivity contribution in [3.8, 4) is 0 Å². The van der Waals surface area contributed by atoms with Gasteiger partial charge in [-0.1, -0.05) is 24.6 Å².